The van der Waals surface area contributed by atoms with Gasteiger partial charge in [-0.2, -0.15) is 0 Å². The van der Waals surface area contributed by atoms with Crippen molar-refractivity contribution < 1.29 is 9.59 Å². The molecule has 0 radical (unpaired) electrons. The lowest BCUT2D eigenvalue weighted by atomic mass is 10.1. The first-order valence-electron chi connectivity index (χ1n) is 7.34. The van der Waals surface area contributed by atoms with Gasteiger partial charge in [0.15, 0.2) is 0 Å². The molecule has 1 rings (SSSR count). The van der Waals surface area contributed by atoms with Gasteiger partial charge in [0.2, 0.25) is 5.91 Å². The molecule has 0 spiro atoms. The number of hydrogen-bond acceptors (Lipinski definition) is 2. The molecule has 3 amide bonds. The van der Waals surface area contributed by atoms with Crippen LogP contribution < -0.4 is 16.0 Å². The number of benzene rings is 1. The molecule has 0 saturated carbocycles. The average molecular weight is 291 g/mol. The molecule has 0 saturated heterocycles. The van der Waals surface area contributed by atoms with Gasteiger partial charge in [0, 0.05) is 23.8 Å². The second-order valence-electron chi connectivity index (χ2n) is 5.79. The molecule has 116 valence electrons. The van der Waals surface area contributed by atoms with Gasteiger partial charge < -0.3 is 16.0 Å². The molecule has 0 heterocycles. The molecule has 0 aliphatic rings. The summed E-state index contributed by atoms with van der Waals surface area (Å²) in [5.74, 6) is 0.425. The van der Waals surface area contributed by atoms with Gasteiger partial charge in [-0.1, -0.05) is 33.8 Å². The van der Waals surface area contributed by atoms with E-state index in [4.69, 9.17) is 0 Å². The number of carbonyl (C=O) groups is 2. The molecule has 3 N–H and O–H groups in total. The molecule has 0 unspecified atom stereocenters. The van der Waals surface area contributed by atoms with Crippen LogP contribution in [0.2, 0.25) is 0 Å². The molecule has 5 nitrogen and oxygen atoms in total. The maximum absolute atomic E-state index is 11.7. The Bertz CT molecular complexity index is 484. The van der Waals surface area contributed by atoms with Crippen LogP contribution in [0, 0.1) is 11.8 Å². The monoisotopic (exact) mass is 291 g/mol. The van der Waals surface area contributed by atoms with Crippen LogP contribution in [0.25, 0.3) is 0 Å². The Morgan fingerprint density at radius 2 is 1.67 bits per heavy atom. The van der Waals surface area contributed by atoms with Crippen molar-refractivity contribution in [1.82, 2.24) is 5.32 Å². The van der Waals surface area contributed by atoms with Gasteiger partial charge in [-0.25, -0.2) is 4.79 Å². The molecule has 0 atom stereocenters. The van der Waals surface area contributed by atoms with Crippen molar-refractivity contribution in [3.63, 3.8) is 0 Å². The van der Waals surface area contributed by atoms with Gasteiger partial charge in [-0.15, -0.1) is 0 Å². The number of hydrogen-bond donors (Lipinski definition) is 3. The summed E-state index contributed by atoms with van der Waals surface area (Å²) in [6, 6.07) is 6.87. The van der Waals surface area contributed by atoms with E-state index in [9.17, 15) is 9.59 Å². The summed E-state index contributed by atoms with van der Waals surface area (Å²) in [6.45, 7) is 8.54. The largest absolute Gasteiger partial charge is 0.338 e. The van der Waals surface area contributed by atoms with Crippen LogP contribution in [0.4, 0.5) is 16.2 Å². The van der Waals surface area contributed by atoms with Gasteiger partial charge >= 0.3 is 6.03 Å². The third-order valence-electron chi connectivity index (χ3n) is 2.92. The fourth-order valence-electron chi connectivity index (χ4n) is 1.61. The number of rotatable bonds is 6. The molecular weight excluding hydrogens is 266 g/mol. The van der Waals surface area contributed by atoms with Gasteiger partial charge in [0.25, 0.3) is 0 Å². The standard InChI is InChI=1S/C16H25N3O2/c1-11(2)8-9-17-16(21)19-14-7-5-6-13(10-14)18-15(20)12(3)4/h5-7,10-12H,8-9H2,1-4H3,(H,18,20)(H2,17,19,21). The van der Waals surface area contributed by atoms with Gasteiger partial charge in [0.05, 0.1) is 0 Å². The Balaban J connectivity index is 2.52. The molecule has 1 aromatic rings. The van der Waals surface area contributed by atoms with Crippen molar-refractivity contribution in [2.75, 3.05) is 17.2 Å². The van der Waals surface area contributed by atoms with E-state index in [2.05, 4.69) is 29.8 Å². The number of amides is 3. The van der Waals surface area contributed by atoms with Crippen LogP contribution in [0.1, 0.15) is 34.1 Å². The van der Waals surface area contributed by atoms with E-state index in [-0.39, 0.29) is 17.9 Å². The summed E-state index contributed by atoms with van der Waals surface area (Å²) < 4.78 is 0. The Kier molecular flexibility index (Phi) is 6.72. The smallest absolute Gasteiger partial charge is 0.319 e. The first-order chi connectivity index (χ1) is 9.88. The molecule has 0 aliphatic carbocycles. The molecule has 0 aliphatic heterocycles. The molecule has 5 heteroatoms. The molecule has 0 aromatic heterocycles. The van der Waals surface area contributed by atoms with Gasteiger partial charge in [0.1, 0.15) is 0 Å². The Morgan fingerprint density at radius 3 is 2.24 bits per heavy atom. The Hall–Kier alpha value is -2.04. The highest BCUT2D eigenvalue weighted by atomic mass is 16.2. The van der Waals surface area contributed by atoms with Crippen molar-refractivity contribution in [2.24, 2.45) is 11.8 Å². The van der Waals surface area contributed by atoms with E-state index in [1.165, 1.54) is 0 Å². The molecule has 0 fully saturated rings. The zero-order valence-corrected chi connectivity index (χ0v) is 13.2. The predicted molar refractivity (Wildman–Crippen MR) is 86.4 cm³/mol. The Morgan fingerprint density at radius 1 is 1.05 bits per heavy atom. The van der Waals surface area contributed by atoms with Gasteiger partial charge in [-0.05, 0) is 30.5 Å². The normalized spacial score (nSPS) is 10.6. The van der Waals surface area contributed by atoms with E-state index in [1.54, 1.807) is 24.3 Å². The van der Waals surface area contributed by atoms with Gasteiger partial charge in [-0.3, -0.25) is 4.79 Å². The van der Waals surface area contributed by atoms with E-state index < -0.39 is 0 Å². The van der Waals surface area contributed by atoms with E-state index in [0.717, 1.165) is 6.42 Å². The van der Waals surface area contributed by atoms with Crippen molar-refractivity contribution in [2.45, 2.75) is 34.1 Å². The summed E-state index contributed by atoms with van der Waals surface area (Å²) in [7, 11) is 0. The third-order valence-corrected chi connectivity index (χ3v) is 2.92. The maximum Gasteiger partial charge on any atom is 0.319 e. The summed E-state index contributed by atoms with van der Waals surface area (Å²) in [5.41, 5.74) is 1.33. The lowest BCUT2D eigenvalue weighted by Gasteiger charge is -2.11. The fraction of sp³-hybridized carbons (Fsp3) is 0.500. The molecule has 1 aromatic carbocycles. The van der Waals surface area contributed by atoms with Crippen LogP contribution in [0.15, 0.2) is 24.3 Å². The van der Waals surface area contributed by atoms with Crippen LogP contribution in [0.3, 0.4) is 0 Å². The van der Waals surface area contributed by atoms with Crippen molar-refractivity contribution in [3.8, 4) is 0 Å². The first-order valence-corrected chi connectivity index (χ1v) is 7.34. The lowest BCUT2D eigenvalue weighted by molar-refractivity contribution is -0.118. The Labute approximate surface area is 126 Å². The highest BCUT2D eigenvalue weighted by molar-refractivity contribution is 5.94. The fourth-order valence-corrected chi connectivity index (χ4v) is 1.61. The minimum absolute atomic E-state index is 0.0477. The second kappa shape index (κ2) is 8.29. The molecule has 0 bridgehead atoms. The number of nitrogens with one attached hydrogen (secondary N) is 3. The van der Waals surface area contributed by atoms with Crippen LogP contribution in [0.5, 0.6) is 0 Å². The lowest BCUT2D eigenvalue weighted by Crippen LogP contribution is -2.30. The third kappa shape index (κ3) is 6.79. The summed E-state index contributed by atoms with van der Waals surface area (Å²) in [6.07, 6.45) is 0.942. The van der Waals surface area contributed by atoms with Crippen LogP contribution in [-0.4, -0.2) is 18.5 Å². The second-order valence-corrected chi connectivity index (χ2v) is 5.79. The SMILES string of the molecule is CC(C)CCNC(=O)Nc1cccc(NC(=O)C(C)C)c1. The zero-order valence-electron chi connectivity index (χ0n) is 13.2. The van der Waals surface area contributed by atoms with E-state index in [0.29, 0.717) is 23.8 Å². The van der Waals surface area contributed by atoms with Crippen LogP contribution >= 0.6 is 0 Å². The minimum Gasteiger partial charge on any atom is -0.338 e. The highest BCUT2D eigenvalue weighted by Gasteiger charge is 2.08. The summed E-state index contributed by atoms with van der Waals surface area (Å²) >= 11 is 0. The van der Waals surface area contributed by atoms with E-state index in [1.807, 2.05) is 13.8 Å². The van der Waals surface area contributed by atoms with E-state index >= 15 is 0 Å². The topological polar surface area (TPSA) is 70.2 Å². The number of carbonyl (C=O) groups excluding carboxylic acids is 2. The quantitative estimate of drug-likeness (QED) is 0.751. The number of anilines is 2. The highest BCUT2D eigenvalue weighted by Crippen LogP contribution is 2.15. The molecule has 21 heavy (non-hydrogen) atoms. The molecular formula is C16H25N3O2. The maximum atomic E-state index is 11.7. The van der Waals surface area contributed by atoms with Crippen LogP contribution in [-0.2, 0) is 4.79 Å². The summed E-state index contributed by atoms with van der Waals surface area (Å²) in [5, 5.41) is 8.36. The van der Waals surface area contributed by atoms with Crippen molar-refractivity contribution >= 4 is 23.3 Å². The average Bonchev–Trinajstić information content (AvgIpc) is 2.38. The van der Waals surface area contributed by atoms with Crippen molar-refractivity contribution in [1.29, 1.82) is 0 Å². The predicted octanol–water partition coefficient (Wildman–Crippen LogP) is 3.45. The van der Waals surface area contributed by atoms with Crippen molar-refractivity contribution in [3.05, 3.63) is 24.3 Å². The minimum atomic E-state index is -0.233. The summed E-state index contributed by atoms with van der Waals surface area (Å²) in [4.78, 5) is 23.4. The first kappa shape index (κ1) is 17.0. The number of urea groups is 1. The zero-order chi connectivity index (χ0) is 15.8.